The van der Waals surface area contributed by atoms with Crippen molar-refractivity contribution in [3.05, 3.63) is 54.1 Å². The van der Waals surface area contributed by atoms with Gasteiger partial charge in [0.05, 0.1) is 24.8 Å². The first-order chi connectivity index (χ1) is 11.0. The van der Waals surface area contributed by atoms with E-state index < -0.39 is 11.9 Å². The Morgan fingerprint density at radius 2 is 1.70 bits per heavy atom. The molecule has 2 rings (SSSR count). The highest BCUT2D eigenvalue weighted by atomic mass is 16.5. The van der Waals surface area contributed by atoms with Gasteiger partial charge in [-0.25, -0.2) is 4.79 Å². The molecule has 0 saturated carbocycles. The number of carbonyl (C=O) groups excluding carboxylic acids is 3. The van der Waals surface area contributed by atoms with Gasteiger partial charge in [-0.3, -0.25) is 9.59 Å². The smallest absolute Gasteiger partial charge is 0.339 e. The van der Waals surface area contributed by atoms with Gasteiger partial charge < -0.3 is 10.1 Å². The fourth-order valence-electron chi connectivity index (χ4n) is 2.17. The molecule has 0 aliphatic carbocycles. The molecule has 0 aliphatic rings. The lowest BCUT2D eigenvalue weighted by Crippen LogP contribution is -2.17. The Morgan fingerprint density at radius 3 is 2.30 bits per heavy atom. The normalized spacial score (nSPS) is 10.0. The Labute approximate surface area is 134 Å². The van der Waals surface area contributed by atoms with E-state index in [0.29, 0.717) is 5.69 Å². The number of amides is 1. The average molecular weight is 311 g/mol. The number of methoxy groups -OCH3 is 1. The number of hydrogen-bond donors (Lipinski definition) is 1. The lowest BCUT2D eigenvalue weighted by molar-refractivity contribution is -0.124. The summed E-state index contributed by atoms with van der Waals surface area (Å²) in [6.07, 6.45) is -0.240. The molecule has 23 heavy (non-hydrogen) atoms. The number of ether oxygens (including phenoxy) is 1. The number of anilines is 1. The number of esters is 1. The van der Waals surface area contributed by atoms with Crippen molar-refractivity contribution in [1.82, 2.24) is 0 Å². The predicted molar refractivity (Wildman–Crippen MR) is 87.1 cm³/mol. The quantitative estimate of drug-likeness (QED) is 0.680. The van der Waals surface area contributed by atoms with Crippen molar-refractivity contribution >= 4 is 23.3 Å². The van der Waals surface area contributed by atoms with E-state index in [-0.39, 0.29) is 17.8 Å². The Morgan fingerprint density at radius 1 is 1.00 bits per heavy atom. The van der Waals surface area contributed by atoms with Gasteiger partial charge in [0.1, 0.15) is 5.78 Å². The summed E-state index contributed by atoms with van der Waals surface area (Å²) in [5.74, 6) is -1.27. The van der Waals surface area contributed by atoms with E-state index in [1.54, 1.807) is 18.2 Å². The number of rotatable bonds is 5. The number of carbonyl (C=O) groups is 3. The van der Waals surface area contributed by atoms with Crippen LogP contribution in [-0.4, -0.2) is 24.8 Å². The van der Waals surface area contributed by atoms with E-state index in [0.717, 1.165) is 11.1 Å². The van der Waals surface area contributed by atoms with Crippen molar-refractivity contribution in [2.24, 2.45) is 0 Å². The van der Waals surface area contributed by atoms with Gasteiger partial charge in [-0.1, -0.05) is 36.4 Å². The van der Waals surface area contributed by atoms with Crippen molar-refractivity contribution in [2.45, 2.75) is 13.3 Å². The highest BCUT2D eigenvalue weighted by Crippen LogP contribution is 2.26. The maximum absolute atomic E-state index is 11.8. The molecule has 0 spiro atoms. The molecule has 5 heteroatoms. The molecular formula is C18H17NO4. The molecule has 2 aromatic rings. The highest BCUT2D eigenvalue weighted by Gasteiger charge is 2.16. The van der Waals surface area contributed by atoms with Gasteiger partial charge in [-0.2, -0.15) is 0 Å². The van der Waals surface area contributed by atoms with Crippen LogP contribution in [0.15, 0.2) is 48.5 Å². The van der Waals surface area contributed by atoms with Crippen LogP contribution >= 0.6 is 0 Å². The van der Waals surface area contributed by atoms with Gasteiger partial charge in [0.2, 0.25) is 5.91 Å². The fourth-order valence-corrected chi connectivity index (χ4v) is 2.17. The predicted octanol–water partition coefficient (Wildman–Crippen LogP) is 3.06. The number of hydrogen-bond acceptors (Lipinski definition) is 4. The summed E-state index contributed by atoms with van der Waals surface area (Å²) in [5, 5.41) is 2.61. The molecule has 0 aliphatic heterocycles. The number of ketones is 1. The molecule has 1 amide bonds. The van der Waals surface area contributed by atoms with E-state index in [4.69, 9.17) is 4.74 Å². The maximum Gasteiger partial charge on any atom is 0.339 e. The standard InChI is InChI=1S/C18H17NO4/c1-12(20)10-17(21)19-16-11-14(13-6-4-3-5-7-13)8-9-15(16)18(22)23-2/h3-9,11H,10H2,1-2H3,(H,19,21). The van der Waals surface area contributed by atoms with E-state index in [1.807, 2.05) is 30.3 Å². The molecule has 0 aromatic heterocycles. The molecule has 0 atom stereocenters. The zero-order chi connectivity index (χ0) is 16.8. The van der Waals surface area contributed by atoms with Crippen LogP contribution in [0.3, 0.4) is 0 Å². The minimum atomic E-state index is -0.553. The first-order valence-electron chi connectivity index (χ1n) is 7.08. The first-order valence-corrected chi connectivity index (χ1v) is 7.08. The fraction of sp³-hybridized carbons (Fsp3) is 0.167. The van der Waals surface area contributed by atoms with Gasteiger partial charge in [0, 0.05) is 0 Å². The Hall–Kier alpha value is -2.95. The van der Waals surface area contributed by atoms with Crippen LogP contribution in [0.25, 0.3) is 11.1 Å². The van der Waals surface area contributed by atoms with Crippen LogP contribution in [0.2, 0.25) is 0 Å². The van der Waals surface area contributed by atoms with Gasteiger partial charge in [0.25, 0.3) is 0 Å². The largest absolute Gasteiger partial charge is 0.465 e. The van der Waals surface area contributed by atoms with Gasteiger partial charge in [-0.15, -0.1) is 0 Å². The van der Waals surface area contributed by atoms with Crippen molar-refractivity contribution in [3.8, 4) is 11.1 Å². The van der Waals surface area contributed by atoms with Crippen LogP contribution in [-0.2, 0) is 14.3 Å². The summed E-state index contributed by atoms with van der Waals surface area (Å²) in [6.45, 7) is 1.33. The molecule has 0 bridgehead atoms. The second kappa shape index (κ2) is 7.35. The topological polar surface area (TPSA) is 72.5 Å². The Balaban J connectivity index is 2.40. The summed E-state index contributed by atoms with van der Waals surface area (Å²) in [4.78, 5) is 34.8. The molecule has 5 nitrogen and oxygen atoms in total. The van der Waals surface area contributed by atoms with Crippen molar-refractivity contribution in [1.29, 1.82) is 0 Å². The Bertz CT molecular complexity index is 738. The third kappa shape index (κ3) is 4.26. The molecule has 118 valence electrons. The van der Waals surface area contributed by atoms with E-state index in [9.17, 15) is 14.4 Å². The van der Waals surface area contributed by atoms with Crippen molar-refractivity contribution in [3.63, 3.8) is 0 Å². The minimum absolute atomic E-state index is 0.240. The summed E-state index contributed by atoms with van der Waals surface area (Å²) >= 11 is 0. The van der Waals surface area contributed by atoms with Gasteiger partial charge in [0.15, 0.2) is 0 Å². The lowest BCUT2D eigenvalue weighted by atomic mass is 10.0. The number of nitrogens with one attached hydrogen (secondary N) is 1. The van der Waals surface area contributed by atoms with Crippen LogP contribution < -0.4 is 5.32 Å². The van der Waals surface area contributed by atoms with E-state index in [2.05, 4.69) is 5.32 Å². The monoisotopic (exact) mass is 311 g/mol. The summed E-state index contributed by atoms with van der Waals surface area (Å²) in [6, 6.07) is 14.6. The Kier molecular flexibility index (Phi) is 5.25. The van der Waals surface area contributed by atoms with Gasteiger partial charge >= 0.3 is 5.97 Å². The van der Waals surface area contributed by atoms with E-state index >= 15 is 0 Å². The summed E-state index contributed by atoms with van der Waals surface area (Å²) in [7, 11) is 1.27. The summed E-state index contributed by atoms with van der Waals surface area (Å²) < 4.78 is 4.73. The molecule has 0 radical (unpaired) electrons. The van der Waals surface area contributed by atoms with Crippen LogP contribution in [0, 0.1) is 0 Å². The molecule has 0 fully saturated rings. The van der Waals surface area contributed by atoms with Gasteiger partial charge in [-0.05, 0) is 30.2 Å². The molecular weight excluding hydrogens is 294 g/mol. The number of Topliss-reactive ketones (excluding diaryl/α,β-unsaturated/α-hetero) is 1. The SMILES string of the molecule is COC(=O)c1ccc(-c2ccccc2)cc1NC(=O)CC(C)=O. The maximum atomic E-state index is 11.8. The zero-order valence-electron chi connectivity index (χ0n) is 13.0. The zero-order valence-corrected chi connectivity index (χ0v) is 13.0. The molecule has 0 unspecified atom stereocenters. The lowest BCUT2D eigenvalue weighted by Gasteiger charge is -2.12. The molecule has 0 heterocycles. The average Bonchev–Trinajstić information content (AvgIpc) is 2.54. The van der Waals surface area contributed by atoms with Crippen molar-refractivity contribution in [2.75, 3.05) is 12.4 Å². The molecule has 2 aromatic carbocycles. The van der Waals surface area contributed by atoms with Crippen LogP contribution in [0.4, 0.5) is 5.69 Å². The van der Waals surface area contributed by atoms with Crippen LogP contribution in [0.1, 0.15) is 23.7 Å². The van der Waals surface area contributed by atoms with Crippen molar-refractivity contribution < 1.29 is 19.1 Å². The highest BCUT2D eigenvalue weighted by molar-refractivity contribution is 6.07. The third-order valence-electron chi connectivity index (χ3n) is 3.22. The second-order valence-electron chi connectivity index (χ2n) is 5.04. The number of benzene rings is 2. The minimum Gasteiger partial charge on any atom is -0.465 e. The second-order valence-corrected chi connectivity index (χ2v) is 5.04. The summed E-state index contributed by atoms with van der Waals surface area (Å²) in [5.41, 5.74) is 2.36. The molecule has 1 N–H and O–H groups in total. The first kappa shape index (κ1) is 16.4. The van der Waals surface area contributed by atoms with E-state index in [1.165, 1.54) is 14.0 Å². The third-order valence-corrected chi connectivity index (χ3v) is 3.22. The molecule has 0 saturated heterocycles. The van der Waals surface area contributed by atoms with Crippen LogP contribution in [0.5, 0.6) is 0 Å².